The van der Waals surface area contributed by atoms with Gasteiger partial charge < -0.3 is 5.32 Å². The number of amides is 2. The predicted molar refractivity (Wildman–Crippen MR) is 126 cm³/mol. The minimum absolute atomic E-state index is 0.110. The summed E-state index contributed by atoms with van der Waals surface area (Å²) in [5, 5.41) is 9.39. The number of aromatic nitrogens is 2. The number of sulfonamides is 1. The van der Waals surface area contributed by atoms with Crippen molar-refractivity contribution in [3.05, 3.63) is 89.6 Å². The molecule has 1 saturated carbocycles. The summed E-state index contributed by atoms with van der Waals surface area (Å²) in [5.41, 5.74) is 1.33. The zero-order valence-electron chi connectivity index (χ0n) is 18.0. The summed E-state index contributed by atoms with van der Waals surface area (Å²) in [4.78, 5) is 25.5. The molecule has 4 aromatic rings. The zero-order chi connectivity index (χ0) is 23.4. The number of carbonyl (C=O) groups excluding carboxylic acids is 2. The van der Waals surface area contributed by atoms with E-state index in [1.165, 1.54) is 18.2 Å². The van der Waals surface area contributed by atoms with Crippen LogP contribution in [-0.2, 0) is 16.6 Å². The molecule has 0 unspecified atom stereocenters. The van der Waals surface area contributed by atoms with Gasteiger partial charge in [0.1, 0.15) is 10.7 Å². The number of hydrogen-bond acceptors (Lipinski definition) is 5. The van der Waals surface area contributed by atoms with Gasteiger partial charge in [-0.15, -0.1) is 0 Å². The van der Waals surface area contributed by atoms with Gasteiger partial charge in [-0.1, -0.05) is 42.5 Å². The largest absolute Gasteiger partial charge is 0.307 e. The van der Waals surface area contributed by atoms with Crippen LogP contribution >= 0.6 is 0 Å². The second kappa shape index (κ2) is 7.53. The van der Waals surface area contributed by atoms with Gasteiger partial charge in [0.15, 0.2) is 0 Å². The van der Waals surface area contributed by atoms with Crippen molar-refractivity contribution >= 4 is 38.4 Å². The molecule has 2 aliphatic rings. The fourth-order valence-corrected chi connectivity index (χ4v) is 6.24. The number of anilines is 1. The van der Waals surface area contributed by atoms with Gasteiger partial charge >= 0.3 is 0 Å². The molecular formula is C25H20N4O4S. The van der Waals surface area contributed by atoms with Crippen LogP contribution in [0.2, 0.25) is 0 Å². The molecule has 0 spiro atoms. The SMILES string of the molecule is O=C(Nc1ccnn1Cc1cccc2ccccc12)c1ccc2c(c1)S(=O)(=O)N(C1CC1)C2=O. The van der Waals surface area contributed by atoms with Crippen molar-refractivity contribution in [3.8, 4) is 0 Å². The molecule has 9 heteroatoms. The minimum atomic E-state index is -3.93. The average Bonchev–Trinajstić information content (AvgIpc) is 3.53. The fraction of sp³-hybridized carbons (Fsp3) is 0.160. The van der Waals surface area contributed by atoms with Crippen LogP contribution in [-0.4, -0.2) is 40.4 Å². The van der Waals surface area contributed by atoms with Crippen LogP contribution in [0, 0.1) is 0 Å². The third-order valence-corrected chi connectivity index (χ3v) is 8.12. The molecule has 0 saturated heterocycles. The molecule has 2 heterocycles. The van der Waals surface area contributed by atoms with Gasteiger partial charge in [-0.3, -0.25) is 9.59 Å². The first-order chi connectivity index (χ1) is 16.4. The van der Waals surface area contributed by atoms with E-state index in [0.717, 1.165) is 20.6 Å². The highest BCUT2D eigenvalue weighted by molar-refractivity contribution is 7.90. The highest BCUT2D eigenvalue weighted by atomic mass is 32.2. The van der Waals surface area contributed by atoms with Crippen molar-refractivity contribution in [2.24, 2.45) is 0 Å². The van der Waals surface area contributed by atoms with E-state index in [0.29, 0.717) is 25.2 Å². The first kappa shape index (κ1) is 20.6. The number of rotatable bonds is 5. The van der Waals surface area contributed by atoms with Crippen LogP contribution < -0.4 is 5.32 Å². The van der Waals surface area contributed by atoms with Crippen molar-refractivity contribution in [1.82, 2.24) is 14.1 Å². The molecule has 1 N–H and O–H groups in total. The van der Waals surface area contributed by atoms with Gasteiger partial charge in [0.25, 0.3) is 21.8 Å². The van der Waals surface area contributed by atoms with Crippen molar-refractivity contribution in [3.63, 3.8) is 0 Å². The lowest BCUT2D eigenvalue weighted by molar-refractivity contribution is 0.0864. The third kappa shape index (κ3) is 3.28. The Morgan fingerprint density at radius 2 is 1.82 bits per heavy atom. The van der Waals surface area contributed by atoms with Gasteiger partial charge in [0, 0.05) is 17.7 Å². The average molecular weight is 473 g/mol. The second-order valence-corrected chi connectivity index (χ2v) is 10.3. The van der Waals surface area contributed by atoms with Crippen molar-refractivity contribution < 1.29 is 18.0 Å². The fourth-order valence-electron chi connectivity index (χ4n) is 4.40. The summed E-state index contributed by atoms with van der Waals surface area (Å²) in [6, 6.07) is 19.7. The number of benzene rings is 3. The number of nitrogens with one attached hydrogen (secondary N) is 1. The Morgan fingerprint density at radius 1 is 1.03 bits per heavy atom. The Morgan fingerprint density at radius 3 is 2.65 bits per heavy atom. The molecule has 6 rings (SSSR count). The van der Waals surface area contributed by atoms with Crippen LogP contribution in [0.25, 0.3) is 10.8 Å². The highest BCUT2D eigenvalue weighted by Crippen LogP contribution is 2.39. The molecule has 8 nitrogen and oxygen atoms in total. The summed E-state index contributed by atoms with van der Waals surface area (Å²) in [7, 11) is -3.93. The Bertz CT molecular complexity index is 1580. The molecule has 3 aromatic carbocycles. The zero-order valence-corrected chi connectivity index (χ0v) is 18.8. The quantitative estimate of drug-likeness (QED) is 0.478. The lowest BCUT2D eigenvalue weighted by Crippen LogP contribution is -2.31. The molecule has 2 amide bonds. The summed E-state index contributed by atoms with van der Waals surface area (Å²) < 4.78 is 28.4. The van der Waals surface area contributed by atoms with E-state index in [1.807, 2.05) is 42.5 Å². The van der Waals surface area contributed by atoms with Gasteiger partial charge in [0.2, 0.25) is 0 Å². The molecule has 1 fully saturated rings. The maximum atomic E-state index is 13.0. The van der Waals surface area contributed by atoms with E-state index in [9.17, 15) is 18.0 Å². The van der Waals surface area contributed by atoms with E-state index in [4.69, 9.17) is 0 Å². The second-order valence-electron chi connectivity index (χ2n) is 8.51. The third-order valence-electron chi connectivity index (χ3n) is 6.25. The maximum Gasteiger partial charge on any atom is 0.269 e. The number of hydrogen-bond donors (Lipinski definition) is 1. The van der Waals surface area contributed by atoms with Crippen LogP contribution in [0.4, 0.5) is 5.82 Å². The highest BCUT2D eigenvalue weighted by Gasteiger charge is 2.48. The Hall–Kier alpha value is -3.98. The van der Waals surface area contributed by atoms with Gasteiger partial charge in [-0.05, 0) is 47.4 Å². The van der Waals surface area contributed by atoms with E-state index in [2.05, 4.69) is 10.4 Å². The van der Waals surface area contributed by atoms with Crippen LogP contribution in [0.15, 0.2) is 77.8 Å². The van der Waals surface area contributed by atoms with Gasteiger partial charge in [0.05, 0.1) is 18.3 Å². The summed E-state index contributed by atoms with van der Waals surface area (Å²) in [6.45, 7) is 0.452. The molecule has 34 heavy (non-hydrogen) atoms. The Balaban J connectivity index is 1.27. The first-order valence-electron chi connectivity index (χ1n) is 11.0. The molecule has 0 radical (unpaired) electrons. The lowest BCUT2D eigenvalue weighted by atomic mass is 10.0. The predicted octanol–water partition coefficient (Wildman–Crippen LogP) is 3.64. The van der Waals surface area contributed by atoms with Crippen molar-refractivity contribution in [1.29, 1.82) is 0 Å². The van der Waals surface area contributed by atoms with Gasteiger partial charge in [-0.25, -0.2) is 17.4 Å². The van der Waals surface area contributed by atoms with E-state index in [1.54, 1.807) is 16.9 Å². The first-order valence-corrected chi connectivity index (χ1v) is 12.4. The molecule has 1 aromatic heterocycles. The Labute approximate surface area is 195 Å². The molecule has 170 valence electrons. The monoisotopic (exact) mass is 472 g/mol. The normalized spacial score (nSPS) is 16.6. The standard InChI is InChI=1S/C25H20N4O4S/c30-24(17-8-11-21-22(14-17)34(32,33)29(25(21)31)19-9-10-19)27-23-12-13-26-28(23)15-18-6-3-5-16-4-1-2-7-20(16)18/h1-8,11-14,19H,9-10,15H2,(H,27,30). The topological polar surface area (TPSA) is 101 Å². The lowest BCUT2D eigenvalue weighted by Gasteiger charge is -2.13. The number of carbonyl (C=O) groups is 2. The van der Waals surface area contributed by atoms with Crippen LogP contribution in [0.3, 0.4) is 0 Å². The number of fused-ring (bicyclic) bond motifs is 2. The smallest absolute Gasteiger partial charge is 0.269 e. The van der Waals surface area contributed by atoms with E-state index < -0.39 is 21.8 Å². The summed E-state index contributed by atoms with van der Waals surface area (Å²) >= 11 is 0. The molecular weight excluding hydrogens is 452 g/mol. The van der Waals surface area contributed by atoms with Crippen LogP contribution in [0.1, 0.15) is 39.1 Å². The van der Waals surface area contributed by atoms with Crippen molar-refractivity contribution in [2.45, 2.75) is 30.3 Å². The minimum Gasteiger partial charge on any atom is -0.307 e. The molecule has 1 aliphatic carbocycles. The molecule has 1 aliphatic heterocycles. The summed E-state index contributed by atoms with van der Waals surface area (Å²) in [5.74, 6) is -0.510. The Kier molecular flexibility index (Phi) is 4.56. The molecule has 0 bridgehead atoms. The van der Waals surface area contributed by atoms with E-state index >= 15 is 0 Å². The van der Waals surface area contributed by atoms with E-state index in [-0.39, 0.29) is 22.1 Å². The van der Waals surface area contributed by atoms with Crippen LogP contribution in [0.5, 0.6) is 0 Å². The van der Waals surface area contributed by atoms with Crippen molar-refractivity contribution in [2.75, 3.05) is 5.32 Å². The van der Waals surface area contributed by atoms with Gasteiger partial charge in [-0.2, -0.15) is 5.10 Å². The maximum absolute atomic E-state index is 13.0. The molecule has 0 atom stereocenters. The number of nitrogens with zero attached hydrogens (tertiary/aromatic N) is 3. The summed E-state index contributed by atoms with van der Waals surface area (Å²) in [6.07, 6.45) is 2.94.